The van der Waals surface area contributed by atoms with Gasteiger partial charge in [0.25, 0.3) is 0 Å². The van der Waals surface area contributed by atoms with Gasteiger partial charge in [-0.2, -0.15) is 0 Å². The monoisotopic (exact) mass is 264 g/mol. The molecule has 1 aromatic heterocycles. The van der Waals surface area contributed by atoms with Gasteiger partial charge in [-0.25, -0.2) is 9.78 Å². The number of carbonyl (C=O) groups is 1. The standard InChI is InChI=1S/C15H24N2O2/c1-5-13(6-2)17(10-11(3)4)14-9-12(15(18)19)7-8-16-14/h7-9,11,13H,5-6,10H2,1-4H3,(H,18,19). The molecule has 1 aromatic rings. The molecule has 0 radical (unpaired) electrons. The minimum atomic E-state index is -0.905. The van der Waals surface area contributed by atoms with Gasteiger partial charge in [0.1, 0.15) is 5.82 Å². The molecule has 0 fully saturated rings. The van der Waals surface area contributed by atoms with Crippen LogP contribution in [0.1, 0.15) is 50.9 Å². The van der Waals surface area contributed by atoms with E-state index in [2.05, 4.69) is 37.6 Å². The maximum absolute atomic E-state index is 11.1. The van der Waals surface area contributed by atoms with E-state index < -0.39 is 5.97 Å². The fourth-order valence-electron chi connectivity index (χ4n) is 2.26. The van der Waals surface area contributed by atoms with Crippen LogP contribution in [0.25, 0.3) is 0 Å². The van der Waals surface area contributed by atoms with Crippen LogP contribution >= 0.6 is 0 Å². The summed E-state index contributed by atoms with van der Waals surface area (Å²) in [7, 11) is 0. The molecule has 0 amide bonds. The number of pyridine rings is 1. The van der Waals surface area contributed by atoms with Crippen molar-refractivity contribution in [3.05, 3.63) is 23.9 Å². The molecule has 0 unspecified atom stereocenters. The van der Waals surface area contributed by atoms with Gasteiger partial charge in [0.15, 0.2) is 0 Å². The predicted molar refractivity (Wildman–Crippen MR) is 77.8 cm³/mol. The van der Waals surface area contributed by atoms with Gasteiger partial charge in [-0.3, -0.25) is 0 Å². The Morgan fingerprint density at radius 2 is 2.00 bits per heavy atom. The van der Waals surface area contributed by atoms with Gasteiger partial charge in [-0.1, -0.05) is 27.7 Å². The summed E-state index contributed by atoms with van der Waals surface area (Å²) < 4.78 is 0. The minimum Gasteiger partial charge on any atom is -0.478 e. The molecule has 4 heteroatoms. The zero-order chi connectivity index (χ0) is 14.4. The SMILES string of the molecule is CCC(CC)N(CC(C)C)c1cc(C(=O)O)ccn1. The summed E-state index contributed by atoms with van der Waals surface area (Å²) in [5.41, 5.74) is 0.296. The van der Waals surface area contributed by atoms with Crippen molar-refractivity contribution >= 4 is 11.8 Å². The van der Waals surface area contributed by atoms with Crippen LogP contribution in [0.2, 0.25) is 0 Å². The molecule has 0 aromatic carbocycles. The smallest absolute Gasteiger partial charge is 0.335 e. The average Bonchev–Trinajstić information content (AvgIpc) is 2.38. The molecular formula is C15H24N2O2. The van der Waals surface area contributed by atoms with Gasteiger partial charge in [0, 0.05) is 18.8 Å². The first-order valence-electron chi connectivity index (χ1n) is 6.95. The number of hydrogen-bond acceptors (Lipinski definition) is 3. The molecule has 0 aliphatic carbocycles. The zero-order valence-corrected chi connectivity index (χ0v) is 12.3. The molecule has 1 N–H and O–H groups in total. The summed E-state index contributed by atoms with van der Waals surface area (Å²) in [5, 5.41) is 9.08. The van der Waals surface area contributed by atoms with Crippen molar-refractivity contribution in [2.24, 2.45) is 5.92 Å². The number of nitrogens with zero attached hydrogens (tertiary/aromatic N) is 2. The summed E-state index contributed by atoms with van der Waals surface area (Å²) in [6, 6.07) is 3.61. The summed E-state index contributed by atoms with van der Waals surface area (Å²) in [5.74, 6) is 0.371. The molecule has 1 heterocycles. The molecule has 0 atom stereocenters. The highest BCUT2D eigenvalue weighted by atomic mass is 16.4. The van der Waals surface area contributed by atoms with E-state index >= 15 is 0 Å². The quantitative estimate of drug-likeness (QED) is 0.819. The normalized spacial score (nSPS) is 11.1. The minimum absolute atomic E-state index is 0.296. The first-order valence-corrected chi connectivity index (χ1v) is 6.95. The molecule has 0 aliphatic heterocycles. The van der Waals surface area contributed by atoms with E-state index in [9.17, 15) is 4.79 Å². The summed E-state index contributed by atoms with van der Waals surface area (Å²) >= 11 is 0. The number of carboxylic acid groups (broad SMARTS) is 1. The van der Waals surface area contributed by atoms with Crippen LogP contribution in [0.15, 0.2) is 18.3 Å². The van der Waals surface area contributed by atoms with Crippen molar-refractivity contribution in [2.75, 3.05) is 11.4 Å². The molecule has 0 bridgehead atoms. The maximum atomic E-state index is 11.1. The summed E-state index contributed by atoms with van der Waals surface area (Å²) in [6.07, 6.45) is 3.64. The largest absolute Gasteiger partial charge is 0.478 e. The van der Waals surface area contributed by atoms with Crippen molar-refractivity contribution in [1.29, 1.82) is 0 Å². The van der Waals surface area contributed by atoms with E-state index in [0.717, 1.165) is 25.2 Å². The highest BCUT2D eigenvalue weighted by molar-refractivity contribution is 5.88. The molecule has 0 aliphatic rings. The van der Waals surface area contributed by atoms with Crippen molar-refractivity contribution in [3.63, 3.8) is 0 Å². The van der Waals surface area contributed by atoms with E-state index in [4.69, 9.17) is 5.11 Å². The van der Waals surface area contributed by atoms with E-state index in [1.54, 1.807) is 12.3 Å². The Balaban J connectivity index is 3.08. The number of anilines is 1. The van der Waals surface area contributed by atoms with Crippen LogP contribution in [0.5, 0.6) is 0 Å². The van der Waals surface area contributed by atoms with Gasteiger partial charge >= 0.3 is 5.97 Å². The Kier molecular flexibility index (Phi) is 5.80. The van der Waals surface area contributed by atoms with Crippen LogP contribution in [-0.2, 0) is 0 Å². The molecule has 0 spiro atoms. The summed E-state index contributed by atoms with van der Waals surface area (Å²) in [6.45, 7) is 9.53. The van der Waals surface area contributed by atoms with Crippen molar-refractivity contribution in [1.82, 2.24) is 4.98 Å². The van der Waals surface area contributed by atoms with E-state index in [1.807, 2.05) is 0 Å². The molecule has 0 saturated carbocycles. The topological polar surface area (TPSA) is 53.4 Å². The molecule has 4 nitrogen and oxygen atoms in total. The molecule has 106 valence electrons. The lowest BCUT2D eigenvalue weighted by molar-refractivity contribution is 0.0697. The lowest BCUT2D eigenvalue weighted by Gasteiger charge is -2.33. The van der Waals surface area contributed by atoms with Crippen molar-refractivity contribution in [2.45, 2.75) is 46.6 Å². The highest BCUT2D eigenvalue weighted by Gasteiger charge is 2.19. The van der Waals surface area contributed by atoms with Crippen LogP contribution < -0.4 is 4.90 Å². The number of aromatic carboxylic acids is 1. The highest BCUT2D eigenvalue weighted by Crippen LogP contribution is 2.21. The van der Waals surface area contributed by atoms with Crippen LogP contribution in [0.3, 0.4) is 0 Å². The number of carboxylic acids is 1. The number of hydrogen-bond donors (Lipinski definition) is 1. The Morgan fingerprint density at radius 1 is 1.37 bits per heavy atom. The Labute approximate surface area is 115 Å². The van der Waals surface area contributed by atoms with Crippen LogP contribution in [0.4, 0.5) is 5.82 Å². The number of aromatic nitrogens is 1. The second-order valence-electron chi connectivity index (χ2n) is 5.22. The maximum Gasteiger partial charge on any atom is 0.335 e. The van der Waals surface area contributed by atoms with Crippen molar-refractivity contribution < 1.29 is 9.90 Å². The van der Waals surface area contributed by atoms with Gasteiger partial charge in [0.05, 0.1) is 5.56 Å². The number of rotatable bonds is 7. The lowest BCUT2D eigenvalue weighted by Crippen LogP contribution is -2.38. The second-order valence-corrected chi connectivity index (χ2v) is 5.22. The predicted octanol–water partition coefficient (Wildman–Crippen LogP) is 3.43. The Hall–Kier alpha value is -1.58. The zero-order valence-electron chi connectivity index (χ0n) is 12.3. The van der Waals surface area contributed by atoms with Gasteiger partial charge in [-0.15, -0.1) is 0 Å². The van der Waals surface area contributed by atoms with E-state index in [1.165, 1.54) is 6.07 Å². The van der Waals surface area contributed by atoms with Crippen molar-refractivity contribution in [3.8, 4) is 0 Å². The third kappa shape index (κ3) is 4.23. The first-order chi connectivity index (χ1) is 8.99. The second kappa shape index (κ2) is 7.12. The third-order valence-electron chi connectivity index (χ3n) is 3.23. The van der Waals surface area contributed by atoms with Crippen LogP contribution in [-0.4, -0.2) is 28.6 Å². The van der Waals surface area contributed by atoms with Crippen LogP contribution in [0, 0.1) is 5.92 Å². The third-order valence-corrected chi connectivity index (χ3v) is 3.23. The molecular weight excluding hydrogens is 240 g/mol. The molecule has 1 rings (SSSR count). The van der Waals surface area contributed by atoms with Gasteiger partial charge in [0.2, 0.25) is 0 Å². The van der Waals surface area contributed by atoms with E-state index in [0.29, 0.717) is 17.5 Å². The first kappa shape index (κ1) is 15.5. The fraction of sp³-hybridized carbons (Fsp3) is 0.600. The Morgan fingerprint density at radius 3 is 2.47 bits per heavy atom. The van der Waals surface area contributed by atoms with E-state index in [-0.39, 0.29) is 0 Å². The molecule has 0 saturated heterocycles. The average molecular weight is 264 g/mol. The van der Waals surface area contributed by atoms with Gasteiger partial charge < -0.3 is 10.0 Å². The molecule has 19 heavy (non-hydrogen) atoms. The Bertz CT molecular complexity index is 414. The summed E-state index contributed by atoms with van der Waals surface area (Å²) in [4.78, 5) is 17.6. The fourth-order valence-corrected chi connectivity index (χ4v) is 2.26. The lowest BCUT2D eigenvalue weighted by atomic mass is 10.1. The van der Waals surface area contributed by atoms with Gasteiger partial charge in [-0.05, 0) is 30.9 Å².